The van der Waals surface area contributed by atoms with E-state index in [9.17, 15) is 4.79 Å². The SMILES string of the molecule is CC(CC1CCCC1)C(=O)C1CCCC1. The number of carbonyl (C=O) groups is 1. The van der Waals surface area contributed by atoms with Crippen LogP contribution in [-0.2, 0) is 4.79 Å². The smallest absolute Gasteiger partial charge is 0.138 e. The van der Waals surface area contributed by atoms with Gasteiger partial charge in [0, 0.05) is 11.8 Å². The zero-order chi connectivity index (χ0) is 10.7. The van der Waals surface area contributed by atoms with Crippen LogP contribution < -0.4 is 0 Å². The number of carbonyl (C=O) groups excluding carboxylic acids is 1. The van der Waals surface area contributed by atoms with Gasteiger partial charge in [-0.3, -0.25) is 4.79 Å². The molecule has 0 saturated heterocycles. The third-order valence-corrected chi connectivity index (χ3v) is 4.40. The van der Waals surface area contributed by atoms with Gasteiger partial charge in [-0.1, -0.05) is 45.4 Å². The molecular weight excluding hydrogens is 184 g/mol. The van der Waals surface area contributed by atoms with Crippen molar-refractivity contribution in [2.24, 2.45) is 17.8 Å². The maximum atomic E-state index is 12.1. The van der Waals surface area contributed by atoms with Crippen molar-refractivity contribution in [3.05, 3.63) is 0 Å². The summed E-state index contributed by atoms with van der Waals surface area (Å²) in [5.41, 5.74) is 0. The van der Waals surface area contributed by atoms with E-state index in [-0.39, 0.29) is 0 Å². The normalized spacial score (nSPS) is 25.9. The molecule has 15 heavy (non-hydrogen) atoms. The Balaban J connectivity index is 1.78. The Bertz CT molecular complexity index is 209. The van der Waals surface area contributed by atoms with Gasteiger partial charge in [0.25, 0.3) is 0 Å². The Morgan fingerprint density at radius 2 is 1.60 bits per heavy atom. The second-order valence-corrected chi connectivity index (χ2v) is 5.67. The van der Waals surface area contributed by atoms with Crippen LogP contribution in [0.3, 0.4) is 0 Å². The Hall–Kier alpha value is -0.330. The molecule has 2 aliphatic carbocycles. The predicted molar refractivity (Wildman–Crippen MR) is 62.7 cm³/mol. The Morgan fingerprint density at radius 3 is 2.20 bits per heavy atom. The second-order valence-electron chi connectivity index (χ2n) is 5.67. The second kappa shape index (κ2) is 5.14. The summed E-state index contributed by atoms with van der Waals surface area (Å²) in [5.74, 6) is 2.22. The van der Waals surface area contributed by atoms with Gasteiger partial charge in [0.1, 0.15) is 5.78 Å². The lowest BCUT2D eigenvalue weighted by molar-refractivity contribution is -0.126. The number of hydrogen-bond donors (Lipinski definition) is 0. The van der Waals surface area contributed by atoms with E-state index in [0.29, 0.717) is 17.6 Å². The average molecular weight is 208 g/mol. The molecule has 0 spiro atoms. The van der Waals surface area contributed by atoms with Gasteiger partial charge in [-0.15, -0.1) is 0 Å². The van der Waals surface area contributed by atoms with Gasteiger partial charge < -0.3 is 0 Å². The van der Waals surface area contributed by atoms with E-state index in [1.807, 2.05) is 0 Å². The molecule has 0 aromatic carbocycles. The number of Topliss-reactive ketones (excluding diaryl/α,β-unsaturated/α-hetero) is 1. The maximum absolute atomic E-state index is 12.1. The van der Waals surface area contributed by atoms with Crippen molar-refractivity contribution in [2.75, 3.05) is 0 Å². The highest BCUT2D eigenvalue weighted by atomic mass is 16.1. The molecule has 2 aliphatic rings. The molecule has 0 aromatic rings. The van der Waals surface area contributed by atoms with Crippen molar-refractivity contribution in [1.29, 1.82) is 0 Å². The van der Waals surface area contributed by atoms with E-state index < -0.39 is 0 Å². The highest BCUT2D eigenvalue weighted by molar-refractivity contribution is 5.83. The molecule has 1 atom stereocenters. The van der Waals surface area contributed by atoms with Crippen LogP contribution in [0.25, 0.3) is 0 Å². The van der Waals surface area contributed by atoms with E-state index in [1.54, 1.807) is 0 Å². The number of ketones is 1. The minimum absolute atomic E-state index is 0.344. The Morgan fingerprint density at radius 1 is 1.07 bits per heavy atom. The molecule has 0 bridgehead atoms. The molecule has 1 heteroatoms. The topological polar surface area (TPSA) is 17.1 Å². The lowest BCUT2D eigenvalue weighted by atomic mass is 9.86. The maximum Gasteiger partial charge on any atom is 0.138 e. The Labute approximate surface area is 93.6 Å². The van der Waals surface area contributed by atoms with Crippen molar-refractivity contribution in [2.45, 2.75) is 64.7 Å². The molecule has 0 aromatic heterocycles. The molecule has 0 N–H and O–H groups in total. The minimum Gasteiger partial charge on any atom is -0.299 e. The fourth-order valence-corrected chi connectivity index (χ4v) is 3.47. The number of rotatable bonds is 4. The Kier molecular flexibility index (Phi) is 3.82. The molecule has 2 saturated carbocycles. The first-order chi connectivity index (χ1) is 7.27. The molecule has 2 rings (SSSR count). The quantitative estimate of drug-likeness (QED) is 0.683. The van der Waals surface area contributed by atoms with Crippen molar-refractivity contribution >= 4 is 5.78 Å². The zero-order valence-electron chi connectivity index (χ0n) is 10.0. The first-order valence-electron chi connectivity index (χ1n) is 6.81. The van der Waals surface area contributed by atoms with Crippen LogP contribution in [0.1, 0.15) is 64.7 Å². The summed E-state index contributed by atoms with van der Waals surface area (Å²) in [4.78, 5) is 12.1. The summed E-state index contributed by atoms with van der Waals surface area (Å²) in [5, 5.41) is 0. The molecule has 1 unspecified atom stereocenters. The van der Waals surface area contributed by atoms with Gasteiger partial charge in [-0.2, -0.15) is 0 Å². The van der Waals surface area contributed by atoms with Crippen LogP contribution in [-0.4, -0.2) is 5.78 Å². The first-order valence-corrected chi connectivity index (χ1v) is 6.81. The lowest BCUT2D eigenvalue weighted by Gasteiger charge is -2.18. The molecule has 86 valence electrons. The standard InChI is InChI=1S/C14H24O/c1-11(10-12-6-2-3-7-12)14(15)13-8-4-5-9-13/h11-13H,2-10H2,1H3. The monoisotopic (exact) mass is 208 g/mol. The fraction of sp³-hybridized carbons (Fsp3) is 0.929. The molecule has 0 heterocycles. The highest BCUT2D eigenvalue weighted by Crippen LogP contribution is 2.34. The van der Waals surface area contributed by atoms with Gasteiger partial charge >= 0.3 is 0 Å². The van der Waals surface area contributed by atoms with Crippen LogP contribution in [0, 0.1) is 17.8 Å². The lowest BCUT2D eigenvalue weighted by Crippen LogP contribution is -2.21. The van der Waals surface area contributed by atoms with Gasteiger partial charge in [0.05, 0.1) is 0 Å². The largest absolute Gasteiger partial charge is 0.299 e. The summed E-state index contributed by atoms with van der Waals surface area (Å²) in [6, 6.07) is 0. The van der Waals surface area contributed by atoms with Crippen LogP contribution in [0.4, 0.5) is 0 Å². The summed E-state index contributed by atoms with van der Waals surface area (Å²) in [7, 11) is 0. The fourth-order valence-electron chi connectivity index (χ4n) is 3.47. The van der Waals surface area contributed by atoms with Gasteiger partial charge in [0.2, 0.25) is 0 Å². The van der Waals surface area contributed by atoms with E-state index in [0.717, 1.165) is 5.92 Å². The minimum atomic E-state index is 0.344. The summed E-state index contributed by atoms with van der Waals surface area (Å²) < 4.78 is 0. The van der Waals surface area contributed by atoms with Crippen LogP contribution in [0.2, 0.25) is 0 Å². The molecular formula is C14H24O. The van der Waals surface area contributed by atoms with Crippen molar-refractivity contribution in [1.82, 2.24) is 0 Å². The van der Waals surface area contributed by atoms with E-state index >= 15 is 0 Å². The average Bonchev–Trinajstić information content (AvgIpc) is 2.88. The van der Waals surface area contributed by atoms with Gasteiger partial charge in [0.15, 0.2) is 0 Å². The molecule has 2 fully saturated rings. The third kappa shape index (κ3) is 2.83. The highest BCUT2D eigenvalue weighted by Gasteiger charge is 2.28. The summed E-state index contributed by atoms with van der Waals surface area (Å²) in [6.45, 7) is 2.17. The van der Waals surface area contributed by atoms with Gasteiger partial charge in [-0.05, 0) is 25.2 Å². The third-order valence-electron chi connectivity index (χ3n) is 4.40. The zero-order valence-corrected chi connectivity index (χ0v) is 10.0. The van der Waals surface area contributed by atoms with Crippen LogP contribution in [0.15, 0.2) is 0 Å². The molecule has 0 radical (unpaired) electrons. The van der Waals surface area contributed by atoms with E-state index in [4.69, 9.17) is 0 Å². The van der Waals surface area contributed by atoms with E-state index in [2.05, 4.69) is 6.92 Å². The van der Waals surface area contributed by atoms with Crippen molar-refractivity contribution in [3.63, 3.8) is 0 Å². The van der Waals surface area contributed by atoms with Gasteiger partial charge in [-0.25, -0.2) is 0 Å². The van der Waals surface area contributed by atoms with Crippen LogP contribution >= 0.6 is 0 Å². The summed E-state index contributed by atoms with van der Waals surface area (Å²) >= 11 is 0. The first kappa shape index (κ1) is 11.2. The van der Waals surface area contributed by atoms with E-state index in [1.165, 1.54) is 57.8 Å². The van der Waals surface area contributed by atoms with Crippen molar-refractivity contribution < 1.29 is 4.79 Å². The molecule has 0 amide bonds. The van der Waals surface area contributed by atoms with Crippen molar-refractivity contribution in [3.8, 4) is 0 Å². The number of hydrogen-bond acceptors (Lipinski definition) is 1. The molecule has 1 nitrogen and oxygen atoms in total. The molecule has 0 aliphatic heterocycles. The predicted octanol–water partition coefficient (Wildman–Crippen LogP) is 3.96. The summed E-state index contributed by atoms with van der Waals surface area (Å²) in [6.07, 6.45) is 11.6. The van der Waals surface area contributed by atoms with Crippen LogP contribution in [0.5, 0.6) is 0 Å².